The molecule has 0 saturated carbocycles. The largest absolute Gasteiger partial charge is 0.421 e. The predicted octanol–water partition coefficient (Wildman–Crippen LogP) is 3.03. The van der Waals surface area contributed by atoms with Crippen LogP contribution in [0.25, 0.3) is 0 Å². The average Bonchev–Trinajstić information content (AvgIpc) is 2.86. The molecule has 0 radical (unpaired) electrons. The van der Waals surface area contributed by atoms with E-state index in [0.29, 0.717) is 16.8 Å². The topological polar surface area (TPSA) is 65.0 Å². The fraction of sp³-hybridized carbons (Fsp3) is 0. The highest BCUT2D eigenvalue weighted by Gasteiger charge is 2.27. The molecule has 0 unspecified atom stereocenters. The number of cyclic esters (lactones) is 1. The van der Waals surface area contributed by atoms with E-state index in [1.165, 1.54) is 0 Å². The summed E-state index contributed by atoms with van der Waals surface area (Å²) in [6.45, 7) is 3.35. The second-order valence-corrected chi connectivity index (χ2v) is 4.45. The van der Waals surface area contributed by atoms with E-state index in [-0.39, 0.29) is 11.6 Å². The number of hydrogen-bond donors (Lipinski definition) is 0. The van der Waals surface area contributed by atoms with Gasteiger partial charge in [-0.15, -0.1) is 0 Å². The lowest BCUT2D eigenvalue weighted by molar-refractivity contribution is -0.128. The molecule has 2 aromatic carbocycles. The minimum atomic E-state index is -0.587. The van der Waals surface area contributed by atoms with Crippen LogP contribution in [0.2, 0.25) is 0 Å². The van der Waals surface area contributed by atoms with E-state index in [9.17, 15) is 9.59 Å². The van der Waals surface area contributed by atoms with Gasteiger partial charge in [0.15, 0.2) is 5.75 Å². The van der Waals surface area contributed by atoms with Crippen LogP contribution in [0.15, 0.2) is 66.2 Å². The zero-order valence-corrected chi connectivity index (χ0v) is 11.5. The maximum Gasteiger partial charge on any atom is 0.345 e. The molecule has 0 aromatic heterocycles. The number of hydrogen-bond acceptors (Lipinski definition) is 5. The molecule has 0 aliphatic carbocycles. The minimum Gasteiger partial charge on any atom is -0.421 e. The number of para-hydroxylation sites is 2. The van der Waals surface area contributed by atoms with Crippen LogP contribution in [-0.2, 0) is 9.53 Å². The predicted molar refractivity (Wildman–Crippen MR) is 80.3 cm³/mol. The third kappa shape index (κ3) is 2.52. The highest BCUT2D eigenvalue weighted by molar-refractivity contribution is 6.17. The Morgan fingerprint density at radius 2 is 1.77 bits per heavy atom. The van der Waals surface area contributed by atoms with Crippen molar-refractivity contribution in [3.8, 4) is 5.75 Å². The van der Waals surface area contributed by atoms with Crippen molar-refractivity contribution in [2.75, 3.05) is 0 Å². The van der Waals surface area contributed by atoms with Crippen molar-refractivity contribution in [3.05, 3.63) is 72.3 Å². The van der Waals surface area contributed by atoms with Gasteiger partial charge >= 0.3 is 11.9 Å². The second-order valence-electron chi connectivity index (χ2n) is 4.45. The first-order valence-corrected chi connectivity index (χ1v) is 6.52. The summed E-state index contributed by atoms with van der Waals surface area (Å²) in [5.41, 5.74) is 1.45. The van der Waals surface area contributed by atoms with Gasteiger partial charge in [0.25, 0.3) is 0 Å². The Hall–Kier alpha value is -3.21. The third-order valence-corrected chi connectivity index (χ3v) is 3.03. The molecule has 3 rings (SSSR count). The molecule has 0 bridgehead atoms. The number of nitrogens with zero attached hydrogens (tertiary/aromatic N) is 1. The van der Waals surface area contributed by atoms with Crippen LogP contribution in [0, 0.1) is 0 Å². The van der Waals surface area contributed by atoms with Crippen LogP contribution in [-0.4, -0.2) is 17.8 Å². The molecule has 2 aromatic rings. The minimum absolute atomic E-state index is 0.183. The van der Waals surface area contributed by atoms with E-state index < -0.39 is 11.9 Å². The summed E-state index contributed by atoms with van der Waals surface area (Å²) in [7, 11) is 0. The highest BCUT2D eigenvalue weighted by atomic mass is 16.6. The number of benzene rings is 2. The molecule has 0 fully saturated rings. The van der Waals surface area contributed by atoms with Crippen LogP contribution in [0.5, 0.6) is 5.75 Å². The third-order valence-electron chi connectivity index (χ3n) is 3.03. The van der Waals surface area contributed by atoms with Gasteiger partial charge in [-0.05, 0) is 24.3 Å². The number of rotatable bonds is 3. The lowest BCUT2D eigenvalue weighted by Gasteiger charge is -2.05. The quantitative estimate of drug-likeness (QED) is 0.495. The molecule has 0 amide bonds. The first-order chi connectivity index (χ1) is 10.7. The van der Waals surface area contributed by atoms with Gasteiger partial charge in [0.1, 0.15) is 5.69 Å². The first-order valence-electron chi connectivity index (χ1n) is 6.52. The van der Waals surface area contributed by atoms with Crippen molar-refractivity contribution < 1.29 is 19.1 Å². The molecule has 0 atom stereocenters. The Morgan fingerprint density at radius 1 is 1.09 bits per heavy atom. The summed E-state index contributed by atoms with van der Waals surface area (Å²) >= 11 is 0. The molecule has 1 heterocycles. The van der Waals surface area contributed by atoms with Gasteiger partial charge < -0.3 is 9.47 Å². The van der Waals surface area contributed by atoms with E-state index in [1.807, 2.05) is 0 Å². The Kier molecular flexibility index (Phi) is 3.53. The van der Waals surface area contributed by atoms with Gasteiger partial charge in [0.05, 0.1) is 11.1 Å². The number of fused-ring (bicyclic) bond motifs is 1. The van der Waals surface area contributed by atoms with Crippen molar-refractivity contribution in [2.24, 2.45) is 4.99 Å². The smallest absolute Gasteiger partial charge is 0.345 e. The SMILES string of the molecule is C=CC(=O)Oc1ccccc1N=C1OC(=O)c2ccccc21. The van der Waals surface area contributed by atoms with Gasteiger partial charge in [0.2, 0.25) is 5.90 Å². The van der Waals surface area contributed by atoms with E-state index in [2.05, 4.69) is 11.6 Å². The molecule has 1 aliphatic rings. The van der Waals surface area contributed by atoms with Gasteiger partial charge in [-0.25, -0.2) is 14.6 Å². The molecule has 108 valence electrons. The normalized spacial score (nSPS) is 14.4. The summed E-state index contributed by atoms with van der Waals surface area (Å²) < 4.78 is 10.3. The molecule has 5 heteroatoms. The fourth-order valence-corrected chi connectivity index (χ4v) is 2.02. The molecule has 0 saturated heterocycles. The summed E-state index contributed by atoms with van der Waals surface area (Å²) in [6, 6.07) is 13.7. The molecule has 1 aliphatic heterocycles. The highest BCUT2D eigenvalue weighted by Crippen LogP contribution is 2.30. The standard InChI is InChI=1S/C17H11NO4/c1-2-15(19)21-14-10-6-5-9-13(14)18-16-11-7-3-4-8-12(11)17(20)22-16/h2-10H,1H2. The van der Waals surface area contributed by atoms with E-state index in [1.54, 1.807) is 48.5 Å². The van der Waals surface area contributed by atoms with E-state index in [0.717, 1.165) is 6.08 Å². The Balaban J connectivity index is 2.02. The molecule has 0 N–H and O–H groups in total. The molecular weight excluding hydrogens is 282 g/mol. The molecular formula is C17H11NO4. The van der Waals surface area contributed by atoms with E-state index in [4.69, 9.17) is 9.47 Å². The summed E-state index contributed by atoms with van der Waals surface area (Å²) in [5.74, 6) is -0.589. The van der Waals surface area contributed by atoms with Gasteiger partial charge in [0, 0.05) is 6.08 Å². The Bertz CT molecular complexity index is 808. The summed E-state index contributed by atoms with van der Waals surface area (Å²) in [5, 5.41) is 0. The zero-order valence-electron chi connectivity index (χ0n) is 11.5. The van der Waals surface area contributed by atoms with Crippen LogP contribution in [0.1, 0.15) is 15.9 Å². The molecule has 0 spiro atoms. The Morgan fingerprint density at radius 3 is 2.55 bits per heavy atom. The number of aliphatic imine (C=N–C) groups is 1. The van der Waals surface area contributed by atoms with Crippen LogP contribution < -0.4 is 4.74 Å². The molecule has 22 heavy (non-hydrogen) atoms. The van der Waals surface area contributed by atoms with Crippen molar-refractivity contribution in [3.63, 3.8) is 0 Å². The summed E-state index contributed by atoms with van der Waals surface area (Å²) in [4.78, 5) is 27.4. The lowest BCUT2D eigenvalue weighted by Crippen LogP contribution is -2.04. The number of ether oxygens (including phenoxy) is 2. The van der Waals surface area contributed by atoms with Crippen molar-refractivity contribution in [2.45, 2.75) is 0 Å². The van der Waals surface area contributed by atoms with Crippen LogP contribution >= 0.6 is 0 Å². The van der Waals surface area contributed by atoms with Gasteiger partial charge in [-0.1, -0.05) is 30.8 Å². The van der Waals surface area contributed by atoms with Gasteiger partial charge in [-0.2, -0.15) is 0 Å². The van der Waals surface area contributed by atoms with Gasteiger partial charge in [-0.3, -0.25) is 0 Å². The summed E-state index contributed by atoms with van der Waals surface area (Å²) in [6.07, 6.45) is 1.06. The average molecular weight is 293 g/mol. The van der Waals surface area contributed by atoms with Crippen LogP contribution in [0.4, 0.5) is 5.69 Å². The fourth-order valence-electron chi connectivity index (χ4n) is 2.02. The lowest BCUT2D eigenvalue weighted by atomic mass is 10.1. The maximum absolute atomic E-state index is 11.8. The monoisotopic (exact) mass is 293 g/mol. The number of carbonyl (C=O) groups is 2. The van der Waals surface area contributed by atoms with Crippen molar-refractivity contribution in [1.82, 2.24) is 0 Å². The zero-order chi connectivity index (χ0) is 15.5. The molecule has 5 nitrogen and oxygen atoms in total. The second kappa shape index (κ2) is 5.65. The number of esters is 2. The van der Waals surface area contributed by atoms with E-state index >= 15 is 0 Å². The van der Waals surface area contributed by atoms with Crippen LogP contribution in [0.3, 0.4) is 0 Å². The van der Waals surface area contributed by atoms with Crippen molar-refractivity contribution in [1.29, 1.82) is 0 Å². The maximum atomic E-state index is 11.8. The Labute approximate surface area is 126 Å². The van der Waals surface area contributed by atoms with Crippen molar-refractivity contribution >= 4 is 23.5 Å². The number of carbonyl (C=O) groups excluding carboxylic acids is 2. The first kappa shape index (κ1) is 13.8.